The number of fused-ring (bicyclic) bond motifs is 1. The fraction of sp³-hybridized carbons (Fsp3) is 0.0476. The third-order valence-electron chi connectivity index (χ3n) is 4.36. The van der Waals surface area contributed by atoms with E-state index in [9.17, 15) is 8.42 Å². The van der Waals surface area contributed by atoms with Crippen LogP contribution in [0.15, 0.2) is 90.0 Å². The summed E-state index contributed by atoms with van der Waals surface area (Å²) in [6.45, 7) is 0.592. The van der Waals surface area contributed by atoms with E-state index in [0.29, 0.717) is 22.9 Å². The number of nitrogens with one attached hydrogen (secondary N) is 2. The molecule has 1 aromatic heterocycles. The van der Waals surface area contributed by atoms with Gasteiger partial charge in [-0.2, -0.15) is 17.6 Å². The maximum absolute atomic E-state index is 12.9. The van der Waals surface area contributed by atoms with Gasteiger partial charge in [0, 0.05) is 17.6 Å². The lowest BCUT2D eigenvalue weighted by atomic mass is 10.2. The Labute approximate surface area is 174 Å². The van der Waals surface area contributed by atoms with Crippen LogP contribution in [0.4, 0.5) is 5.69 Å². The highest BCUT2D eigenvalue weighted by atomic mass is 32.2. The number of rotatable bonds is 5. The van der Waals surface area contributed by atoms with Gasteiger partial charge in [0.15, 0.2) is 5.11 Å². The second-order valence-electron chi connectivity index (χ2n) is 6.37. The minimum atomic E-state index is -3.78. The van der Waals surface area contributed by atoms with Gasteiger partial charge < -0.3 is 10.6 Å². The van der Waals surface area contributed by atoms with Crippen LogP contribution in [0.25, 0.3) is 10.9 Å². The number of benzene rings is 3. The van der Waals surface area contributed by atoms with E-state index in [1.165, 1.54) is 6.20 Å². The zero-order valence-corrected chi connectivity index (χ0v) is 17.0. The SMILES string of the molecule is O=S(=O)(c1ccccc1)n1ncc2ccc(NC(=S)NCc3ccccc3)cc21. The Hall–Kier alpha value is -3.23. The smallest absolute Gasteiger partial charge is 0.283 e. The average molecular weight is 423 g/mol. The molecule has 0 unspecified atom stereocenters. The molecule has 2 N–H and O–H groups in total. The van der Waals surface area contributed by atoms with Crippen LogP contribution in [-0.4, -0.2) is 22.7 Å². The van der Waals surface area contributed by atoms with Gasteiger partial charge in [-0.15, -0.1) is 0 Å². The number of hydrogen-bond donors (Lipinski definition) is 2. The van der Waals surface area contributed by atoms with Crippen molar-refractivity contribution < 1.29 is 8.42 Å². The van der Waals surface area contributed by atoms with Crippen molar-refractivity contribution in [2.75, 3.05) is 5.32 Å². The van der Waals surface area contributed by atoms with E-state index in [-0.39, 0.29) is 4.90 Å². The first kappa shape index (κ1) is 19.1. The summed E-state index contributed by atoms with van der Waals surface area (Å²) in [7, 11) is -3.78. The van der Waals surface area contributed by atoms with Crippen molar-refractivity contribution in [3.05, 3.63) is 90.6 Å². The van der Waals surface area contributed by atoms with Crippen LogP contribution < -0.4 is 10.6 Å². The molecule has 0 bridgehead atoms. The van der Waals surface area contributed by atoms with E-state index in [2.05, 4.69) is 15.7 Å². The molecule has 0 aliphatic rings. The van der Waals surface area contributed by atoms with Gasteiger partial charge in [0.05, 0.1) is 16.6 Å². The molecule has 0 atom stereocenters. The third-order valence-corrected chi connectivity index (χ3v) is 6.22. The zero-order valence-electron chi connectivity index (χ0n) is 15.3. The normalized spacial score (nSPS) is 11.3. The Morgan fingerprint density at radius 3 is 2.38 bits per heavy atom. The van der Waals surface area contributed by atoms with E-state index in [4.69, 9.17) is 12.2 Å². The zero-order chi connectivity index (χ0) is 20.3. The molecule has 0 radical (unpaired) electrons. The Morgan fingerprint density at radius 1 is 0.966 bits per heavy atom. The summed E-state index contributed by atoms with van der Waals surface area (Å²) < 4.78 is 26.9. The third kappa shape index (κ3) is 4.13. The van der Waals surface area contributed by atoms with Gasteiger partial charge in [-0.1, -0.05) is 48.5 Å². The number of aromatic nitrogens is 2. The molecule has 8 heteroatoms. The molecule has 29 heavy (non-hydrogen) atoms. The van der Waals surface area contributed by atoms with Gasteiger partial charge in [-0.25, -0.2) is 0 Å². The molecule has 0 aliphatic heterocycles. The molecule has 0 saturated heterocycles. The van der Waals surface area contributed by atoms with Crippen LogP contribution in [0, 0.1) is 0 Å². The highest BCUT2D eigenvalue weighted by molar-refractivity contribution is 7.90. The number of anilines is 1. The van der Waals surface area contributed by atoms with E-state index in [1.807, 2.05) is 42.5 Å². The van der Waals surface area contributed by atoms with Gasteiger partial charge in [0.1, 0.15) is 0 Å². The summed E-state index contributed by atoms with van der Waals surface area (Å²) in [4.78, 5) is 0.184. The predicted octanol–water partition coefficient (Wildman–Crippen LogP) is 3.76. The molecule has 1 heterocycles. The van der Waals surface area contributed by atoms with Crippen LogP contribution in [0.3, 0.4) is 0 Å². The molecule has 4 rings (SSSR count). The van der Waals surface area contributed by atoms with E-state index >= 15 is 0 Å². The summed E-state index contributed by atoms with van der Waals surface area (Å²) in [6, 6.07) is 23.5. The van der Waals surface area contributed by atoms with E-state index in [1.54, 1.807) is 36.4 Å². The van der Waals surface area contributed by atoms with Crippen molar-refractivity contribution in [2.45, 2.75) is 11.4 Å². The predicted molar refractivity (Wildman–Crippen MR) is 118 cm³/mol. The van der Waals surface area contributed by atoms with Crippen molar-refractivity contribution in [2.24, 2.45) is 0 Å². The summed E-state index contributed by atoms with van der Waals surface area (Å²) in [5, 5.41) is 11.5. The molecule has 4 aromatic rings. The van der Waals surface area contributed by atoms with Crippen LogP contribution in [-0.2, 0) is 16.6 Å². The van der Waals surface area contributed by atoms with Crippen LogP contribution in [0.1, 0.15) is 5.56 Å². The fourth-order valence-electron chi connectivity index (χ4n) is 2.91. The Morgan fingerprint density at radius 2 is 1.66 bits per heavy atom. The number of hydrogen-bond acceptors (Lipinski definition) is 4. The minimum absolute atomic E-state index is 0.184. The Balaban J connectivity index is 1.56. The van der Waals surface area contributed by atoms with Crippen LogP contribution in [0.2, 0.25) is 0 Å². The lowest BCUT2D eigenvalue weighted by Gasteiger charge is -2.11. The van der Waals surface area contributed by atoms with Gasteiger partial charge in [-0.3, -0.25) is 0 Å². The molecule has 0 saturated carbocycles. The van der Waals surface area contributed by atoms with E-state index < -0.39 is 10.0 Å². The number of thiocarbonyl (C=S) groups is 1. The molecule has 6 nitrogen and oxygen atoms in total. The topological polar surface area (TPSA) is 76.0 Å². The monoisotopic (exact) mass is 422 g/mol. The molecule has 0 aliphatic carbocycles. The first-order valence-corrected chi connectivity index (χ1v) is 10.8. The van der Waals surface area contributed by atoms with Crippen molar-refractivity contribution in [1.29, 1.82) is 0 Å². The molecule has 0 spiro atoms. The fourth-order valence-corrected chi connectivity index (χ4v) is 4.39. The maximum atomic E-state index is 12.9. The Kier molecular flexibility index (Phi) is 5.28. The molecule has 0 fully saturated rings. The maximum Gasteiger partial charge on any atom is 0.283 e. The second kappa shape index (κ2) is 8.02. The lowest BCUT2D eigenvalue weighted by molar-refractivity contribution is 0.582. The van der Waals surface area contributed by atoms with Gasteiger partial charge >= 0.3 is 0 Å². The van der Waals surface area contributed by atoms with Crippen molar-refractivity contribution in [3.63, 3.8) is 0 Å². The molecular weight excluding hydrogens is 404 g/mol. The summed E-state index contributed by atoms with van der Waals surface area (Å²) in [5.74, 6) is 0. The minimum Gasteiger partial charge on any atom is -0.358 e. The highest BCUT2D eigenvalue weighted by Crippen LogP contribution is 2.23. The van der Waals surface area contributed by atoms with Crippen LogP contribution >= 0.6 is 12.2 Å². The van der Waals surface area contributed by atoms with Crippen molar-refractivity contribution in [3.8, 4) is 0 Å². The van der Waals surface area contributed by atoms with Crippen molar-refractivity contribution >= 4 is 43.9 Å². The summed E-state index contributed by atoms with van der Waals surface area (Å²) in [5.41, 5.74) is 2.26. The van der Waals surface area contributed by atoms with Crippen molar-refractivity contribution in [1.82, 2.24) is 14.5 Å². The second-order valence-corrected chi connectivity index (χ2v) is 8.55. The standard InChI is InChI=1S/C21H18N4O2S2/c26-29(27,19-9-5-2-6-10-19)25-20-13-18(12-11-17(20)15-23-25)24-21(28)22-14-16-7-3-1-4-8-16/h1-13,15H,14H2,(H2,22,24,28). The van der Waals surface area contributed by atoms with Gasteiger partial charge in [0.25, 0.3) is 10.0 Å². The summed E-state index contributed by atoms with van der Waals surface area (Å²) >= 11 is 5.36. The average Bonchev–Trinajstić information content (AvgIpc) is 3.18. The summed E-state index contributed by atoms with van der Waals surface area (Å²) in [6.07, 6.45) is 1.53. The molecular formula is C21H18N4O2S2. The quantitative estimate of drug-likeness (QED) is 0.477. The number of nitrogens with zero attached hydrogens (tertiary/aromatic N) is 2. The van der Waals surface area contributed by atoms with E-state index in [0.717, 1.165) is 15.0 Å². The van der Waals surface area contributed by atoms with Gasteiger partial charge in [0.2, 0.25) is 0 Å². The highest BCUT2D eigenvalue weighted by Gasteiger charge is 2.20. The lowest BCUT2D eigenvalue weighted by Crippen LogP contribution is -2.27. The first-order valence-electron chi connectivity index (χ1n) is 8.91. The molecule has 146 valence electrons. The Bertz CT molecular complexity index is 1250. The largest absolute Gasteiger partial charge is 0.358 e. The molecule has 3 aromatic carbocycles. The van der Waals surface area contributed by atoms with Crippen LogP contribution in [0.5, 0.6) is 0 Å². The van der Waals surface area contributed by atoms with Gasteiger partial charge in [-0.05, 0) is 48.1 Å². The molecule has 0 amide bonds. The first-order chi connectivity index (χ1) is 14.0.